The van der Waals surface area contributed by atoms with Crippen molar-refractivity contribution in [2.24, 2.45) is 5.92 Å². The first kappa shape index (κ1) is 17.2. The zero-order valence-electron chi connectivity index (χ0n) is 12.0. The summed E-state index contributed by atoms with van der Waals surface area (Å²) in [4.78, 5) is 3.85. The SMILES string of the molecule is C[C@@H]([C@H](O)c1ccc(CO)cc1)[C@@H](O)Cn1cnc(Cl)c1Cl. The summed E-state index contributed by atoms with van der Waals surface area (Å²) in [5, 5.41) is 30.1. The maximum absolute atomic E-state index is 10.4. The molecule has 1 aromatic carbocycles. The van der Waals surface area contributed by atoms with Gasteiger partial charge < -0.3 is 19.9 Å². The molecule has 0 aliphatic heterocycles. The number of rotatable bonds is 6. The van der Waals surface area contributed by atoms with Crippen LogP contribution in [0.4, 0.5) is 0 Å². The number of imidazole rings is 1. The predicted molar refractivity (Wildman–Crippen MR) is 84.7 cm³/mol. The van der Waals surface area contributed by atoms with Gasteiger partial charge in [0, 0.05) is 5.92 Å². The molecular formula is C15H18Cl2N2O3. The quantitative estimate of drug-likeness (QED) is 0.751. The molecule has 2 rings (SSSR count). The van der Waals surface area contributed by atoms with E-state index in [4.69, 9.17) is 28.3 Å². The van der Waals surface area contributed by atoms with Crippen molar-refractivity contribution < 1.29 is 15.3 Å². The zero-order chi connectivity index (χ0) is 16.3. The second-order valence-corrected chi connectivity index (χ2v) is 5.97. The van der Waals surface area contributed by atoms with Gasteiger partial charge in [-0.05, 0) is 11.1 Å². The lowest BCUT2D eigenvalue weighted by atomic mass is 9.92. The van der Waals surface area contributed by atoms with E-state index in [9.17, 15) is 10.2 Å². The molecule has 0 fully saturated rings. The van der Waals surface area contributed by atoms with Crippen LogP contribution in [-0.2, 0) is 13.2 Å². The van der Waals surface area contributed by atoms with Gasteiger partial charge in [-0.1, -0.05) is 54.4 Å². The van der Waals surface area contributed by atoms with Crippen LogP contribution in [0.15, 0.2) is 30.6 Å². The van der Waals surface area contributed by atoms with E-state index in [0.29, 0.717) is 5.56 Å². The van der Waals surface area contributed by atoms with Gasteiger partial charge in [0.15, 0.2) is 5.15 Å². The van der Waals surface area contributed by atoms with Gasteiger partial charge in [0.1, 0.15) is 5.15 Å². The van der Waals surface area contributed by atoms with Crippen molar-refractivity contribution >= 4 is 23.2 Å². The summed E-state index contributed by atoms with van der Waals surface area (Å²) in [6.45, 7) is 1.89. The van der Waals surface area contributed by atoms with Gasteiger partial charge in [0.25, 0.3) is 0 Å². The fourth-order valence-electron chi connectivity index (χ4n) is 2.17. The predicted octanol–water partition coefficient (Wildman–Crippen LogP) is 2.41. The zero-order valence-corrected chi connectivity index (χ0v) is 13.5. The van der Waals surface area contributed by atoms with E-state index in [1.165, 1.54) is 10.9 Å². The van der Waals surface area contributed by atoms with E-state index in [-0.39, 0.29) is 23.5 Å². The van der Waals surface area contributed by atoms with E-state index >= 15 is 0 Å². The van der Waals surface area contributed by atoms with Crippen molar-refractivity contribution in [2.75, 3.05) is 0 Å². The molecule has 0 saturated heterocycles. The minimum atomic E-state index is -0.833. The van der Waals surface area contributed by atoms with Gasteiger partial charge in [-0.15, -0.1) is 0 Å². The molecule has 0 aliphatic rings. The Bertz CT molecular complexity index is 616. The summed E-state index contributed by atoms with van der Waals surface area (Å²) in [7, 11) is 0. The van der Waals surface area contributed by atoms with Crippen molar-refractivity contribution in [1.82, 2.24) is 9.55 Å². The summed E-state index contributed by atoms with van der Waals surface area (Å²) in [6.07, 6.45) is -0.209. The molecule has 0 unspecified atom stereocenters. The van der Waals surface area contributed by atoms with Crippen molar-refractivity contribution in [3.05, 3.63) is 52.0 Å². The first-order chi connectivity index (χ1) is 10.4. The molecule has 0 radical (unpaired) electrons. The fourth-order valence-corrected chi connectivity index (χ4v) is 2.49. The summed E-state index contributed by atoms with van der Waals surface area (Å²) < 4.78 is 1.53. The first-order valence-electron chi connectivity index (χ1n) is 6.86. The third-order valence-electron chi connectivity index (χ3n) is 3.73. The number of halogens is 2. The number of aliphatic hydroxyl groups excluding tert-OH is 3. The highest BCUT2D eigenvalue weighted by atomic mass is 35.5. The molecule has 7 heteroatoms. The van der Waals surface area contributed by atoms with Crippen molar-refractivity contribution in [1.29, 1.82) is 0 Å². The monoisotopic (exact) mass is 344 g/mol. The van der Waals surface area contributed by atoms with Gasteiger partial charge >= 0.3 is 0 Å². The number of aromatic nitrogens is 2. The molecule has 2 aromatic rings. The van der Waals surface area contributed by atoms with Gasteiger partial charge in [-0.3, -0.25) is 0 Å². The molecule has 1 aromatic heterocycles. The minimum Gasteiger partial charge on any atom is -0.392 e. The maximum Gasteiger partial charge on any atom is 0.166 e. The number of nitrogens with zero attached hydrogens (tertiary/aromatic N) is 2. The second-order valence-electron chi connectivity index (χ2n) is 5.25. The van der Waals surface area contributed by atoms with Gasteiger partial charge in [-0.2, -0.15) is 0 Å². The maximum atomic E-state index is 10.4. The molecule has 0 spiro atoms. The van der Waals surface area contributed by atoms with E-state index in [1.807, 2.05) is 0 Å². The summed E-state index contributed by atoms with van der Waals surface area (Å²) in [5.74, 6) is -0.419. The molecule has 0 saturated carbocycles. The molecular weight excluding hydrogens is 327 g/mol. The van der Waals surface area contributed by atoms with E-state index in [1.54, 1.807) is 31.2 Å². The molecule has 0 bridgehead atoms. The number of aliphatic hydroxyl groups is 3. The van der Waals surface area contributed by atoms with Crippen LogP contribution in [0, 0.1) is 5.92 Å². The molecule has 22 heavy (non-hydrogen) atoms. The van der Waals surface area contributed by atoms with Crippen LogP contribution in [-0.4, -0.2) is 31.0 Å². The Hall–Kier alpha value is -1.11. The largest absolute Gasteiger partial charge is 0.392 e. The average Bonchev–Trinajstić information content (AvgIpc) is 2.85. The van der Waals surface area contributed by atoms with E-state index < -0.39 is 18.1 Å². The number of hydrogen-bond acceptors (Lipinski definition) is 4. The Morgan fingerprint density at radius 1 is 1.18 bits per heavy atom. The highest BCUT2D eigenvalue weighted by Crippen LogP contribution is 2.27. The van der Waals surface area contributed by atoms with Gasteiger partial charge in [0.2, 0.25) is 0 Å². The highest BCUT2D eigenvalue weighted by molar-refractivity contribution is 6.40. The number of benzene rings is 1. The van der Waals surface area contributed by atoms with Crippen LogP contribution in [0.25, 0.3) is 0 Å². The first-order valence-corrected chi connectivity index (χ1v) is 7.61. The second kappa shape index (κ2) is 7.44. The van der Waals surface area contributed by atoms with Crippen molar-refractivity contribution in [3.63, 3.8) is 0 Å². The smallest absolute Gasteiger partial charge is 0.166 e. The third kappa shape index (κ3) is 3.80. The fraction of sp³-hybridized carbons (Fsp3) is 0.400. The topological polar surface area (TPSA) is 78.5 Å². The normalized spacial score (nSPS) is 15.5. The average molecular weight is 345 g/mol. The third-order valence-corrected chi connectivity index (χ3v) is 4.49. The van der Waals surface area contributed by atoms with Crippen LogP contribution in [0.2, 0.25) is 10.3 Å². The Morgan fingerprint density at radius 3 is 2.32 bits per heavy atom. The molecule has 0 amide bonds. The molecule has 5 nitrogen and oxygen atoms in total. The molecule has 3 atom stereocenters. The Kier molecular flexibility index (Phi) is 5.83. The highest BCUT2D eigenvalue weighted by Gasteiger charge is 2.25. The van der Waals surface area contributed by atoms with Crippen molar-refractivity contribution in [2.45, 2.75) is 32.3 Å². The van der Waals surface area contributed by atoms with E-state index in [2.05, 4.69) is 4.98 Å². The van der Waals surface area contributed by atoms with Crippen LogP contribution in [0.3, 0.4) is 0 Å². The summed E-state index contributed by atoms with van der Waals surface area (Å²) in [5.41, 5.74) is 1.45. The summed E-state index contributed by atoms with van der Waals surface area (Å²) >= 11 is 11.7. The Morgan fingerprint density at radius 2 is 1.82 bits per heavy atom. The van der Waals surface area contributed by atoms with Gasteiger partial charge in [0.05, 0.1) is 31.7 Å². The lowest BCUT2D eigenvalue weighted by Gasteiger charge is -2.25. The van der Waals surface area contributed by atoms with Crippen LogP contribution >= 0.6 is 23.2 Å². The lowest BCUT2D eigenvalue weighted by Crippen LogP contribution is -2.28. The van der Waals surface area contributed by atoms with Crippen LogP contribution < -0.4 is 0 Å². The number of hydrogen-bond donors (Lipinski definition) is 3. The van der Waals surface area contributed by atoms with Crippen LogP contribution in [0.5, 0.6) is 0 Å². The molecule has 0 aliphatic carbocycles. The van der Waals surface area contributed by atoms with Crippen molar-refractivity contribution in [3.8, 4) is 0 Å². The standard InChI is InChI=1S/C15H18Cl2N2O3/c1-9(12(21)6-19-8-18-14(16)15(19)17)13(22)11-4-2-10(7-20)3-5-11/h2-5,8-9,12-13,20-22H,6-7H2,1H3/t9-,12+,13+/m1/s1. The Labute approximate surface area is 138 Å². The molecule has 3 N–H and O–H groups in total. The summed E-state index contributed by atoms with van der Waals surface area (Å²) in [6, 6.07) is 6.95. The molecule has 1 heterocycles. The lowest BCUT2D eigenvalue weighted by molar-refractivity contribution is 0.0123. The minimum absolute atomic E-state index is 0.0472. The molecule has 120 valence electrons. The van der Waals surface area contributed by atoms with Gasteiger partial charge in [-0.25, -0.2) is 4.98 Å². The van der Waals surface area contributed by atoms with Crippen LogP contribution in [0.1, 0.15) is 24.2 Å². The Balaban J connectivity index is 2.05. The van der Waals surface area contributed by atoms with E-state index in [0.717, 1.165) is 5.56 Å².